The van der Waals surface area contributed by atoms with Gasteiger partial charge in [0.25, 0.3) is 0 Å². The summed E-state index contributed by atoms with van der Waals surface area (Å²) in [7, 11) is 0. The molecule has 0 aromatic heterocycles. The smallest absolute Gasteiger partial charge is 0.228 e. The van der Waals surface area contributed by atoms with Crippen molar-refractivity contribution in [1.29, 1.82) is 0 Å². The Morgan fingerprint density at radius 3 is 1.93 bits per heavy atom. The summed E-state index contributed by atoms with van der Waals surface area (Å²) in [5, 5.41) is 5.56. The summed E-state index contributed by atoms with van der Waals surface area (Å²) in [6.07, 6.45) is 0.253. The first-order valence-corrected chi connectivity index (χ1v) is 8.58. The number of nitrogens with one attached hydrogen (secondary N) is 2. The van der Waals surface area contributed by atoms with Gasteiger partial charge < -0.3 is 15.4 Å². The van der Waals surface area contributed by atoms with Gasteiger partial charge in [0.05, 0.1) is 6.42 Å². The molecule has 0 unspecified atom stereocenters. The second-order valence-electron chi connectivity index (χ2n) is 6.04. The Morgan fingerprint density at radius 1 is 0.741 bits per heavy atom. The molecule has 0 fully saturated rings. The van der Waals surface area contributed by atoms with Crippen molar-refractivity contribution in [3.05, 3.63) is 84.4 Å². The minimum Gasteiger partial charge on any atom is -0.457 e. The number of hydrogen-bond donors (Lipinski definition) is 2. The number of hydrogen-bond acceptors (Lipinski definition) is 3. The molecule has 0 aliphatic heterocycles. The molecule has 0 heterocycles. The third kappa shape index (κ3) is 5.71. The predicted molar refractivity (Wildman–Crippen MR) is 106 cm³/mol. The number of rotatable bonds is 6. The van der Waals surface area contributed by atoms with Crippen LogP contribution in [0.1, 0.15) is 12.5 Å². The lowest BCUT2D eigenvalue weighted by Gasteiger charge is -2.09. The van der Waals surface area contributed by atoms with Gasteiger partial charge in [-0.25, -0.2) is 0 Å². The van der Waals surface area contributed by atoms with Crippen LogP contribution in [-0.4, -0.2) is 11.8 Å². The standard InChI is InChI=1S/C22H20N2O3/c1-16(25)23-18-9-7-17(8-10-18)15-22(26)24-19-11-13-21(14-12-19)27-20-5-3-2-4-6-20/h2-14H,15H2,1H3,(H,23,25)(H,24,26). The average molecular weight is 360 g/mol. The molecule has 0 saturated carbocycles. The highest BCUT2D eigenvalue weighted by Gasteiger charge is 2.05. The molecule has 3 rings (SSSR count). The lowest BCUT2D eigenvalue weighted by atomic mass is 10.1. The average Bonchev–Trinajstić information content (AvgIpc) is 2.65. The van der Waals surface area contributed by atoms with Crippen LogP contribution >= 0.6 is 0 Å². The van der Waals surface area contributed by atoms with Gasteiger partial charge in [0.15, 0.2) is 0 Å². The lowest BCUT2D eigenvalue weighted by molar-refractivity contribution is -0.116. The van der Waals surface area contributed by atoms with E-state index in [2.05, 4.69) is 10.6 Å². The third-order valence-electron chi connectivity index (χ3n) is 3.76. The summed E-state index contributed by atoms with van der Waals surface area (Å²) in [5.41, 5.74) is 2.28. The Bertz CT molecular complexity index is 905. The highest BCUT2D eigenvalue weighted by atomic mass is 16.5. The largest absolute Gasteiger partial charge is 0.457 e. The first kappa shape index (κ1) is 18.2. The van der Waals surface area contributed by atoms with E-state index in [-0.39, 0.29) is 18.2 Å². The van der Waals surface area contributed by atoms with E-state index < -0.39 is 0 Å². The van der Waals surface area contributed by atoms with Gasteiger partial charge in [-0.2, -0.15) is 0 Å². The highest BCUT2D eigenvalue weighted by molar-refractivity contribution is 5.92. The number of carbonyl (C=O) groups is 2. The Morgan fingerprint density at radius 2 is 1.30 bits per heavy atom. The number of anilines is 2. The van der Waals surface area contributed by atoms with E-state index in [0.29, 0.717) is 17.1 Å². The molecular formula is C22H20N2O3. The number of benzene rings is 3. The van der Waals surface area contributed by atoms with Crippen LogP contribution in [0.5, 0.6) is 11.5 Å². The molecule has 3 aromatic carbocycles. The monoisotopic (exact) mass is 360 g/mol. The topological polar surface area (TPSA) is 67.4 Å². The first-order valence-electron chi connectivity index (χ1n) is 8.58. The van der Waals surface area contributed by atoms with E-state index in [1.165, 1.54) is 6.92 Å². The fraction of sp³-hybridized carbons (Fsp3) is 0.0909. The Balaban J connectivity index is 1.54. The molecule has 5 heteroatoms. The minimum absolute atomic E-state index is 0.112. The van der Waals surface area contributed by atoms with Crippen molar-refractivity contribution in [1.82, 2.24) is 0 Å². The Hall–Kier alpha value is -3.60. The van der Waals surface area contributed by atoms with Crippen LogP contribution in [0, 0.1) is 0 Å². The second kappa shape index (κ2) is 8.67. The van der Waals surface area contributed by atoms with Crippen molar-refractivity contribution in [2.75, 3.05) is 10.6 Å². The third-order valence-corrected chi connectivity index (χ3v) is 3.76. The van der Waals surface area contributed by atoms with E-state index >= 15 is 0 Å². The van der Waals surface area contributed by atoms with Crippen LogP contribution in [0.3, 0.4) is 0 Å². The van der Waals surface area contributed by atoms with Gasteiger partial charge in [0, 0.05) is 18.3 Å². The van der Waals surface area contributed by atoms with E-state index in [0.717, 1.165) is 11.3 Å². The van der Waals surface area contributed by atoms with Crippen molar-refractivity contribution >= 4 is 23.2 Å². The van der Waals surface area contributed by atoms with Crippen LogP contribution in [-0.2, 0) is 16.0 Å². The molecule has 0 saturated heterocycles. The van der Waals surface area contributed by atoms with Crippen molar-refractivity contribution in [2.45, 2.75) is 13.3 Å². The molecule has 0 bridgehead atoms. The number of ether oxygens (including phenoxy) is 1. The Kier molecular flexibility index (Phi) is 5.84. The summed E-state index contributed by atoms with van der Waals surface area (Å²) in [4.78, 5) is 23.2. The van der Waals surface area contributed by atoms with Crippen LogP contribution in [0.25, 0.3) is 0 Å². The van der Waals surface area contributed by atoms with Crippen molar-refractivity contribution in [3.63, 3.8) is 0 Å². The van der Waals surface area contributed by atoms with E-state index in [4.69, 9.17) is 4.74 Å². The van der Waals surface area contributed by atoms with Gasteiger partial charge >= 0.3 is 0 Å². The minimum atomic E-state index is -0.125. The van der Waals surface area contributed by atoms with E-state index in [1.807, 2.05) is 54.6 Å². The van der Waals surface area contributed by atoms with E-state index in [1.54, 1.807) is 24.3 Å². The quantitative estimate of drug-likeness (QED) is 0.674. The normalized spacial score (nSPS) is 10.1. The SMILES string of the molecule is CC(=O)Nc1ccc(CC(=O)Nc2ccc(Oc3ccccc3)cc2)cc1. The van der Waals surface area contributed by atoms with Crippen LogP contribution in [0.15, 0.2) is 78.9 Å². The zero-order chi connectivity index (χ0) is 19.1. The maximum atomic E-state index is 12.2. The highest BCUT2D eigenvalue weighted by Crippen LogP contribution is 2.22. The van der Waals surface area contributed by atoms with Gasteiger partial charge in [0.1, 0.15) is 11.5 Å². The molecule has 2 amide bonds. The molecule has 0 radical (unpaired) electrons. The molecule has 0 spiro atoms. The van der Waals surface area contributed by atoms with Crippen LogP contribution in [0.4, 0.5) is 11.4 Å². The number of para-hydroxylation sites is 1. The maximum Gasteiger partial charge on any atom is 0.228 e. The van der Waals surface area contributed by atoms with Gasteiger partial charge in [-0.15, -0.1) is 0 Å². The molecule has 136 valence electrons. The number of amides is 2. The summed E-state index contributed by atoms with van der Waals surface area (Å²) in [6.45, 7) is 1.46. The molecule has 5 nitrogen and oxygen atoms in total. The summed E-state index contributed by atoms with van der Waals surface area (Å²) in [6, 6.07) is 23.9. The fourth-order valence-corrected chi connectivity index (χ4v) is 2.53. The second-order valence-corrected chi connectivity index (χ2v) is 6.04. The zero-order valence-corrected chi connectivity index (χ0v) is 14.9. The Labute approximate surface area is 158 Å². The number of carbonyl (C=O) groups excluding carboxylic acids is 2. The first-order chi connectivity index (χ1) is 13.1. The maximum absolute atomic E-state index is 12.2. The summed E-state index contributed by atoms with van der Waals surface area (Å²) < 4.78 is 5.73. The van der Waals surface area contributed by atoms with Gasteiger partial charge in [-0.05, 0) is 54.1 Å². The van der Waals surface area contributed by atoms with Crippen LogP contribution < -0.4 is 15.4 Å². The molecule has 0 aliphatic rings. The molecule has 27 heavy (non-hydrogen) atoms. The van der Waals surface area contributed by atoms with Crippen molar-refractivity contribution in [3.8, 4) is 11.5 Å². The molecule has 0 aliphatic carbocycles. The molecule has 2 N–H and O–H groups in total. The molecule has 3 aromatic rings. The summed E-state index contributed by atoms with van der Waals surface area (Å²) in [5.74, 6) is 1.23. The van der Waals surface area contributed by atoms with Crippen LogP contribution in [0.2, 0.25) is 0 Å². The fourth-order valence-electron chi connectivity index (χ4n) is 2.53. The lowest BCUT2D eigenvalue weighted by Crippen LogP contribution is -2.14. The molecular weight excluding hydrogens is 340 g/mol. The van der Waals surface area contributed by atoms with Gasteiger partial charge in [0.2, 0.25) is 11.8 Å². The van der Waals surface area contributed by atoms with E-state index in [9.17, 15) is 9.59 Å². The van der Waals surface area contributed by atoms with Crippen molar-refractivity contribution in [2.24, 2.45) is 0 Å². The summed E-state index contributed by atoms with van der Waals surface area (Å²) >= 11 is 0. The molecule has 0 atom stereocenters. The van der Waals surface area contributed by atoms with Gasteiger partial charge in [-0.1, -0.05) is 30.3 Å². The predicted octanol–water partition coefficient (Wildman–Crippen LogP) is 4.62. The zero-order valence-electron chi connectivity index (χ0n) is 14.9. The van der Waals surface area contributed by atoms with Crippen molar-refractivity contribution < 1.29 is 14.3 Å². The van der Waals surface area contributed by atoms with Gasteiger partial charge in [-0.3, -0.25) is 9.59 Å².